The van der Waals surface area contributed by atoms with Crippen molar-refractivity contribution in [1.29, 1.82) is 0 Å². The third kappa shape index (κ3) is 2.87. The van der Waals surface area contributed by atoms with Crippen LogP contribution in [0.15, 0.2) is 42.6 Å². The Morgan fingerprint density at radius 1 is 1.29 bits per heavy atom. The van der Waals surface area contributed by atoms with Crippen molar-refractivity contribution in [2.24, 2.45) is 0 Å². The molecule has 1 aromatic heterocycles. The van der Waals surface area contributed by atoms with E-state index in [9.17, 15) is 9.18 Å². The Kier molecular flexibility index (Phi) is 3.45. The molecule has 2 rings (SSSR count). The lowest BCUT2D eigenvalue weighted by Gasteiger charge is -2.07. The molecule has 2 aromatic rings. The van der Waals surface area contributed by atoms with E-state index in [-0.39, 0.29) is 12.2 Å². The molecular formula is C13H10FNO2. The number of aldehydes is 1. The van der Waals surface area contributed by atoms with Crippen molar-refractivity contribution >= 4 is 6.29 Å². The topological polar surface area (TPSA) is 39.2 Å². The molecule has 4 heteroatoms. The van der Waals surface area contributed by atoms with Crippen molar-refractivity contribution in [3.8, 4) is 5.75 Å². The molecule has 0 atom stereocenters. The molecule has 1 heterocycles. The molecule has 17 heavy (non-hydrogen) atoms. The molecule has 0 aliphatic rings. The third-order valence-electron chi connectivity index (χ3n) is 2.20. The van der Waals surface area contributed by atoms with Crippen molar-refractivity contribution in [2.75, 3.05) is 0 Å². The molecule has 0 aliphatic carbocycles. The van der Waals surface area contributed by atoms with Crippen LogP contribution in [-0.2, 0) is 6.61 Å². The van der Waals surface area contributed by atoms with E-state index < -0.39 is 5.82 Å². The summed E-state index contributed by atoms with van der Waals surface area (Å²) in [4.78, 5) is 14.8. The van der Waals surface area contributed by atoms with Gasteiger partial charge in [-0.3, -0.25) is 9.78 Å². The Hall–Kier alpha value is -2.23. The van der Waals surface area contributed by atoms with Crippen LogP contribution in [0, 0.1) is 5.82 Å². The summed E-state index contributed by atoms with van der Waals surface area (Å²) in [5, 5.41) is 0. The SMILES string of the molecule is O=Cc1cc(F)ccc1OCc1ccccn1. The van der Waals surface area contributed by atoms with Gasteiger partial charge in [0.2, 0.25) is 0 Å². The fourth-order valence-electron chi connectivity index (χ4n) is 1.38. The molecular weight excluding hydrogens is 221 g/mol. The van der Waals surface area contributed by atoms with Gasteiger partial charge in [-0.25, -0.2) is 4.39 Å². The van der Waals surface area contributed by atoms with Crippen LogP contribution in [0.3, 0.4) is 0 Å². The number of halogens is 1. The molecule has 0 unspecified atom stereocenters. The van der Waals surface area contributed by atoms with Crippen LogP contribution in [0.25, 0.3) is 0 Å². The average molecular weight is 231 g/mol. The minimum absolute atomic E-state index is 0.195. The molecule has 0 spiro atoms. The summed E-state index contributed by atoms with van der Waals surface area (Å²) in [5.74, 6) is -0.107. The van der Waals surface area contributed by atoms with E-state index >= 15 is 0 Å². The Morgan fingerprint density at radius 3 is 2.88 bits per heavy atom. The first kappa shape index (κ1) is 11.3. The van der Waals surface area contributed by atoms with Gasteiger partial charge in [0, 0.05) is 6.20 Å². The van der Waals surface area contributed by atoms with E-state index in [1.807, 2.05) is 12.1 Å². The van der Waals surface area contributed by atoms with Crippen molar-refractivity contribution in [3.05, 3.63) is 59.7 Å². The summed E-state index contributed by atoms with van der Waals surface area (Å²) < 4.78 is 18.3. The van der Waals surface area contributed by atoms with Crippen LogP contribution >= 0.6 is 0 Å². The van der Waals surface area contributed by atoms with E-state index in [1.165, 1.54) is 12.1 Å². The number of ether oxygens (including phenoxy) is 1. The third-order valence-corrected chi connectivity index (χ3v) is 2.20. The maximum Gasteiger partial charge on any atom is 0.153 e. The van der Waals surface area contributed by atoms with Gasteiger partial charge >= 0.3 is 0 Å². The Labute approximate surface area is 97.9 Å². The van der Waals surface area contributed by atoms with E-state index in [0.717, 1.165) is 11.8 Å². The molecule has 0 bridgehead atoms. The van der Waals surface area contributed by atoms with Crippen molar-refractivity contribution < 1.29 is 13.9 Å². The highest BCUT2D eigenvalue weighted by molar-refractivity contribution is 5.79. The molecule has 0 amide bonds. The first-order valence-corrected chi connectivity index (χ1v) is 5.07. The fourth-order valence-corrected chi connectivity index (χ4v) is 1.38. The molecule has 0 saturated carbocycles. The number of carbonyl (C=O) groups excluding carboxylic acids is 1. The van der Waals surface area contributed by atoms with Crippen LogP contribution in [0.1, 0.15) is 16.1 Å². The minimum Gasteiger partial charge on any atom is -0.487 e. The zero-order chi connectivity index (χ0) is 12.1. The van der Waals surface area contributed by atoms with Gasteiger partial charge in [-0.05, 0) is 30.3 Å². The van der Waals surface area contributed by atoms with Crippen molar-refractivity contribution in [2.45, 2.75) is 6.61 Å². The maximum absolute atomic E-state index is 12.9. The predicted octanol–water partition coefficient (Wildman–Crippen LogP) is 2.61. The van der Waals surface area contributed by atoms with E-state index in [1.54, 1.807) is 12.3 Å². The van der Waals surface area contributed by atoms with Gasteiger partial charge in [0.15, 0.2) is 6.29 Å². The molecule has 3 nitrogen and oxygen atoms in total. The number of carbonyl (C=O) groups is 1. The standard InChI is InChI=1S/C13H10FNO2/c14-11-4-5-13(10(7-11)8-16)17-9-12-3-1-2-6-15-12/h1-8H,9H2. The largest absolute Gasteiger partial charge is 0.487 e. The second-order valence-electron chi connectivity index (χ2n) is 3.41. The lowest BCUT2D eigenvalue weighted by molar-refractivity contribution is 0.111. The Balaban J connectivity index is 2.11. The van der Waals surface area contributed by atoms with Crippen LogP contribution in [-0.4, -0.2) is 11.3 Å². The molecule has 0 fully saturated rings. The molecule has 0 N–H and O–H groups in total. The highest BCUT2D eigenvalue weighted by Gasteiger charge is 2.05. The quantitative estimate of drug-likeness (QED) is 0.759. The van der Waals surface area contributed by atoms with E-state index in [4.69, 9.17) is 4.74 Å². The predicted molar refractivity (Wildman–Crippen MR) is 60.4 cm³/mol. The highest BCUT2D eigenvalue weighted by Crippen LogP contribution is 2.18. The normalized spacial score (nSPS) is 9.94. The zero-order valence-corrected chi connectivity index (χ0v) is 8.97. The molecule has 86 valence electrons. The number of nitrogens with zero attached hydrogens (tertiary/aromatic N) is 1. The second kappa shape index (κ2) is 5.21. The maximum atomic E-state index is 12.9. The minimum atomic E-state index is -0.461. The summed E-state index contributed by atoms with van der Waals surface area (Å²) in [6, 6.07) is 9.28. The van der Waals surface area contributed by atoms with Gasteiger partial charge < -0.3 is 4.74 Å². The summed E-state index contributed by atoms with van der Waals surface area (Å²) in [6.45, 7) is 0.243. The first-order valence-electron chi connectivity index (χ1n) is 5.07. The van der Waals surface area contributed by atoms with Crippen LogP contribution in [0.4, 0.5) is 4.39 Å². The number of hydrogen-bond acceptors (Lipinski definition) is 3. The zero-order valence-electron chi connectivity index (χ0n) is 8.97. The molecule has 0 aliphatic heterocycles. The van der Waals surface area contributed by atoms with Crippen LogP contribution < -0.4 is 4.74 Å². The van der Waals surface area contributed by atoms with Gasteiger partial charge in [0.1, 0.15) is 18.2 Å². The number of aromatic nitrogens is 1. The highest BCUT2D eigenvalue weighted by atomic mass is 19.1. The van der Waals surface area contributed by atoms with Crippen LogP contribution in [0.2, 0.25) is 0 Å². The monoisotopic (exact) mass is 231 g/mol. The van der Waals surface area contributed by atoms with Crippen molar-refractivity contribution in [1.82, 2.24) is 4.98 Å². The Bertz CT molecular complexity index is 514. The summed E-state index contributed by atoms with van der Waals surface area (Å²) in [5.41, 5.74) is 0.939. The number of pyridine rings is 1. The van der Waals surface area contributed by atoms with Gasteiger partial charge in [0.05, 0.1) is 11.3 Å². The number of benzene rings is 1. The van der Waals surface area contributed by atoms with Crippen LogP contribution in [0.5, 0.6) is 5.75 Å². The summed E-state index contributed by atoms with van der Waals surface area (Å²) in [6.07, 6.45) is 2.22. The van der Waals surface area contributed by atoms with Gasteiger partial charge in [-0.2, -0.15) is 0 Å². The van der Waals surface area contributed by atoms with Crippen molar-refractivity contribution in [3.63, 3.8) is 0 Å². The van der Waals surface area contributed by atoms with Gasteiger partial charge in [0.25, 0.3) is 0 Å². The lowest BCUT2D eigenvalue weighted by Crippen LogP contribution is -2.00. The number of hydrogen-bond donors (Lipinski definition) is 0. The van der Waals surface area contributed by atoms with Gasteiger partial charge in [-0.15, -0.1) is 0 Å². The molecule has 1 aromatic carbocycles. The second-order valence-corrected chi connectivity index (χ2v) is 3.41. The van der Waals surface area contributed by atoms with E-state index in [2.05, 4.69) is 4.98 Å². The molecule has 0 saturated heterocycles. The van der Waals surface area contributed by atoms with E-state index in [0.29, 0.717) is 12.0 Å². The summed E-state index contributed by atoms with van der Waals surface area (Å²) >= 11 is 0. The summed E-state index contributed by atoms with van der Waals surface area (Å²) in [7, 11) is 0. The average Bonchev–Trinajstić information content (AvgIpc) is 2.38. The fraction of sp³-hybridized carbons (Fsp3) is 0.0769. The van der Waals surface area contributed by atoms with Gasteiger partial charge in [-0.1, -0.05) is 6.07 Å². The Morgan fingerprint density at radius 2 is 2.18 bits per heavy atom. The lowest BCUT2D eigenvalue weighted by atomic mass is 10.2. The molecule has 0 radical (unpaired) electrons. The first-order chi connectivity index (χ1) is 8.29. The smallest absolute Gasteiger partial charge is 0.153 e. The number of rotatable bonds is 4.